The minimum absolute atomic E-state index is 0.00802. The van der Waals surface area contributed by atoms with E-state index in [0.29, 0.717) is 6.54 Å². The predicted molar refractivity (Wildman–Crippen MR) is 126 cm³/mol. The van der Waals surface area contributed by atoms with E-state index in [0.717, 1.165) is 49.4 Å². The monoisotopic (exact) mass is 437 g/mol. The molecule has 3 heterocycles. The second-order valence-electron chi connectivity index (χ2n) is 8.62. The fourth-order valence-corrected chi connectivity index (χ4v) is 5.13. The highest BCUT2D eigenvalue weighted by Gasteiger charge is 2.41. The number of pyridine rings is 1. The highest BCUT2D eigenvalue weighted by molar-refractivity contribution is 5.43. The molecule has 1 aliphatic heterocycles. The number of likely N-dealkylation sites (tertiary alicyclic amines) is 1. The maximum atomic E-state index is 9.48. The van der Waals surface area contributed by atoms with Gasteiger partial charge in [0, 0.05) is 12.6 Å². The molecule has 3 aromatic rings. The van der Waals surface area contributed by atoms with Gasteiger partial charge in [-0.1, -0.05) is 38.1 Å². The Labute approximate surface area is 190 Å². The molecule has 3 N–H and O–H groups in total. The van der Waals surface area contributed by atoms with Crippen molar-refractivity contribution in [3.8, 4) is 5.75 Å². The Morgan fingerprint density at radius 1 is 1.12 bits per heavy atom. The molecule has 7 heteroatoms. The number of β-amino-alcohol motifs (C(OH)–C–C–N with tert-alkyl or cyclic N) is 1. The molecule has 2 unspecified atom stereocenters. The quantitative estimate of drug-likeness (QED) is 0.628. The van der Waals surface area contributed by atoms with Crippen LogP contribution in [-0.4, -0.2) is 44.3 Å². The molecule has 1 fully saturated rings. The topological polar surface area (TPSA) is 88.9 Å². The number of ether oxygens (including phenoxy) is 1. The van der Waals surface area contributed by atoms with Crippen LogP contribution in [0.3, 0.4) is 0 Å². The predicted octanol–water partition coefficient (Wildman–Crippen LogP) is 3.97. The van der Waals surface area contributed by atoms with Crippen LogP contribution in [0.5, 0.6) is 5.75 Å². The summed E-state index contributed by atoms with van der Waals surface area (Å²) in [6.07, 6.45) is 5.88. The molecule has 0 saturated carbocycles. The molecule has 5 rings (SSSR count). The third-order valence-electron chi connectivity index (χ3n) is 6.78. The molecule has 0 amide bonds. The fraction of sp³-hybridized carbons (Fsp3) is 0.520. The van der Waals surface area contributed by atoms with Crippen LogP contribution in [-0.2, 0) is 5.54 Å². The lowest BCUT2D eigenvalue weighted by atomic mass is 9.86. The number of nitrogens with two attached hydrogens (primary N) is 1. The summed E-state index contributed by atoms with van der Waals surface area (Å²) in [5, 5.41) is 18.4. The zero-order valence-corrected chi connectivity index (χ0v) is 19.4. The van der Waals surface area contributed by atoms with Gasteiger partial charge in [-0.05, 0) is 62.4 Å². The summed E-state index contributed by atoms with van der Waals surface area (Å²) >= 11 is 0. The maximum absolute atomic E-state index is 9.48. The number of hydrogen-bond acceptors (Lipinski definition) is 6. The lowest BCUT2D eigenvalue weighted by Crippen LogP contribution is -2.41. The van der Waals surface area contributed by atoms with Gasteiger partial charge in [0.25, 0.3) is 0 Å². The third-order valence-corrected chi connectivity index (χ3v) is 6.78. The fourth-order valence-electron chi connectivity index (χ4n) is 5.13. The highest BCUT2D eigenvalue weighted by Crippen LogP contribution is 2.39. The molecular formula is C25H35N5O2. The summed E-state index contributed by atoms with van der Waals surface area (Å²) in [6, 6.07) is 12.3. The van der Waals surface area contributed by atoms with Crippen LogP contribution in [0.25, 0.3) is 5.65 Å². The van der Waals surface area contributed by atoms with E-state index >= 15 is 0 Å². The van der Waals surface area contributed by atoms with Crippen molar-refractivity contribution >= 4 is 5.65 Å². The van der Waals surface area contributed by atoms with E-state index in [9.17, 15) is 5.11 Å². The summed E-state index contributed by atoms with van der Waals surface area (Å²) in [4.78, 5) is 2.30. The van der Waals surface area contributed by atoms with Crippen molar-refractivity contribution < 1.29 is 9.84 Å². The summed E-state index contributed by atoms with van der Waals surface area (Å²) in [5.74, 6) is 1.70. The van der Waals surface area contributed by atoms with Gasteiger partial charge in [-0.25, -0.2) is 0 Å². The Balaban J connectivity index is 0.00000119. The number of fused-ring (bicyclic) bond motifs is 2. The van der Waals surface area contributed by atoms with Gasteiger partial charge < -0.3 is 15.6 Å². The standard InChI is InChI=1S/C23H29N5O2.C2H6/c1-23(11-4-12-27(23)13-14-29)22-26-25-21-10-7-16(15-28(21)22)30-20-9-8-19(24)17-5-2-3-6-18(17)20;1-2/h2-3,5-7,10,15,19-20,29H,4,8-9,11-14,24H2,1H3;1-2H3/t19?,20?,23-;/m0./s1. The minimum Gasteiger partial charge on any atom is -0.484 e. The summed E-state index contributed by atoms with van der Waals surface area (Å²) in [7, 11) is 0. The molecule has 0 bridgehead atoms. The lowest BCUT2D eigenvalue weighted by Gasteiger charge is -2.33. The molecule has 0 spiro atoms. The van der Waals surface area contributed by atoms with E-state index in [4.69, 9.17) is 10.5 Å². The summed E-state index contributed by atoms with van der Waals surface area (Å²) in [5.41, 5.74) is 9.22. The Hall–Kier alpha value is -2.48. The SMILES string of the molecule is CC.C[C@@]1(c2nnc3ccc(OC4CCC(N)c5ccccc54)cn23)CCCN1CCO. The molecule has 0 radical (unpaired) electrons. The van der Waals surface area contributed by atoms with Gasteiger partial charge in [0.05, 0.1) is 18.3 Å². The van der Waals surface area contributed by atoms with Crippen LogP contribution < -0.4 is 10.5 Å². The Morgan fingerprint density at radius 2 is 1.91 bits per heavy atom. The van der Waals surface area contributed by atoms with Crippen molar-refractivity contribution in [3.63, 3.8) is 0 Å². The van der Waals surface area contributed by atoms with E-state index in [2.05, 4.69) is 34.2 Å². The third kappa shape index (κ3) is 4.00. The Kier molecular flexibility index (Phi) is 6.79. The first-order valence-electron chi connectivity index (χ1n) is 11.8. The van der Waals surface area contributed by atoms with Gasteiger partial charge in [-0.2, -0.15) is 0 Å². The number of aliphatic hydroxyl groups is 1. The number of rotatable bonds is 5. The van der Waals surface area contributed by atoms with Crippen molar-refractivity contribution in [2.45, 2.75) is 64.1 Å². The molecular weight excluding hydrogens is 402 g/mol. The van der Waals surface area contributed by atoms with E-state index in [1.54, 1.807) is 0 Å². The molecule has 3 atom stereocenters. The van der Waals surface area contributed by atoms with Gasteiger partial charge in [0.2, 0.25) is 0 Å². The molecule has 2 aromatic heterocycles. The smallest absolute Gasteiger partial charge is 0.161 e. The molecule has 172 valence electrons. The lowest BCUT2D eigenvalue weighted by molar-refractivity contribution is 0.113. The Morgan fingerprint density at radius 3 is 2.69 bits per heavy atom. The van der Waals surface area contributed by atoms with Crippen molar-refractivity contribution in [3.05, 3.63) is 59.5 Å². The summed E-state index contributed by atoms with van der Waals surface area (Å²) < 4.78 is 8.49. The van der Waals surface area contributed by atoms with Crippen molar-refractivity contribution in [2.75, 3.05) is 19.7 Å². The number of hydrogen-bond donors (Lipinski definition) is 2. The average molecular weight is 438 g/mol. The molecule has 1 saturated heterocycles. The maximum Gasteiger partial charge on any atom is 0.161 e. The van der Waals surface area contributed by atoms with Gasteiger partial charge >= 0.3 is 0 Å². The number of benzene rings is 1. The van der Waals surface area contributed by atoms with Crippen LogP contribution in [0, 0.1) is 0 Å². The normalized spacial score (nSPS) is 25.3. The second-order valence-corrected chi connectivity index (χ2v) is 8.62. The second kappa shape index (κ2) is 9.57. The van der Waals surface area contributed by atoms with Gasteiger partial charge in [0.1, 0.15) is 11.9 Å². The van der Waals surface area contributed by atoms with E-state index in [1.807, 2.05) is 48.7 Å². The van der Waals surface area contributed by atoms with E-state index < -0.39 is 0 Å². The summed E-state index contributed by atoms with van der Waals surface area (Å²) in [6.45, 7) is 7.93. The van der Waals surface area contributed by atoms with Crippen molar-refractivity contribution in [2.24, 2.45) is 5.73 Å². The van der Waals surface area contributed by atoms with Crippen LogP contribution in [0.1, 0.15) is 75.6 Å². The van der Waals surface area contributed by atoms with Gasteiger partial charge in [-0.3, -0.25) is 9.30 Å². The number of aromatic nitrogens is 3. The largest absolute Gasteiger partial charge is 0.484 e. The molecule has 7 nitrogen and oxygen atoms in total. The molecule has 32 heavy (non-hydrogen) atoms. The first-order valence-corrected chi connectivity index (χ1v) is 11.8. The molecule has 2 aliphatic rings. The zero-order valence-electron chi connectivity index (χ0n) is 19.4. The molecule has 1 aliphatic carbocycles. The van der Waals surface area contributed by atoms with Crippen molar-refractivity contribution in [1.82, 2.24) is 19.5 Å². The first-order chi connectivity index (χ1) is 15.6. The van der Waals surface area contributed by atoms with Gasteiger partial charge in [-0.15, -0.1) is 10.2 Å². The highest BCUT2D eigenvalue weighted by atomic mass is 16.5. The van der Waals surface area contributed by atoms with E-state index in [1.165, 1.54) is 11.1 Å². The molecule has 1 aromatic carbocycles. The van der Waals surface area contributed by atoms with Crippen LogP contribution in [0.15, 0.2) is 42.6 Å². The van der Waals surface area contributed by atoms with Crippen LogP contribution in [0.4, 0.5) is 0 Å². The first kappa shape index (κ1) is 22.7. The zero-order chi connectivity index (χ0) is 22.7. The number of nitrogens with zero attached hydrogens (tertiary/aromatic N) is 4. The minimum atomic E-state index is -0.245. The average Bonchev–Trinajstić information content (AvgIpc) is 3.42. The number of aliphatic hydroxyl groups excluding tert-OH is 1. The van der Waals surface area contributed by atoms with Crippen molar-refractivity contribution in [1.29, 1.82) is 0 Å². The van der Waals surface area contributed by atoms with Gasteiger partial charge in [0.15, 0.2) is 11.5 Å². The Bertz CT molecular complexity index is 1050. The van der Waals surface area contributed by atoms with Crippen LogP contribution >= 0.6 is 0 Å². The van der Waals surface area contributed by atoms with E-state index in [-0.39, 0.29) is 24.3 Å². The van der Waals surface area contributed by atoms with Crippen LogP contribution in [0.2, 0.25) is 0 Å².